The summed E-state index contributed by atoms with van der Waals surface area (Å²) in [5, 5.41) is 0. The summed E-state index contributed by atoms with van der Waals surface area (Å²) in [6.07, 6.45) is 5.94. The first kappa shape index (κ1) is 7.36. The lowest BCUT2D eigenvalue weighted by atomic mass is 9.45. The highest BCUT2D eigenvalue weighted by molar-refractivity contribution is 5.12. The summed E-state index contributed by atoms with van der Waals surface area (Å²) < 4.78 is 5.64. The molecule has 0 atom stereocenters. The van der Waals surface area contributed by atoms with Gasteiger partial charge in [-0.05, 0) is 31.2 Å². The summed E-state index contributed by atoms with van der Waals surface area (Å²) in [6, 6.07) is 5.80. The molecular formula is C11H13NO. The second-order valence-electron chi connectivity index (χ2n) is 4.44. The third-order valence-electron chi connectivity index (χ3n) is 3.33. The second kappa shape index (κ2) is 2.47. The van der Waals surface area contributed by atoms with Crippen LogP contribution in [0, 0.1) is 11.3 Å². The topological polar surface area (TPSA) is 22.1 Å². The summed E-state index contributed by atoms with van der Waals surface area (Å²) in [5.74, 6) is 1.81. The Morgan fingerprint density at radius 2 is 2.23 bits per heavy atom. The van der Waals surface area contributed by atoms with Crippen molar-refractivity contribution in [1.29, 1.82) is 0 Å². The average Bonchev–Trinajstić information content (AvgIpc) is 2.01. The molecule has 0 saturated heterocycles. The molecule has 4 rings (SSSR count). The minimum atomic E-state index is 0.558. The summed E-state index contributed by atoms with van der Waals surface area (Å²) >= 11 is 0. The summed E-state index contributed by atoms with van der Waals surface area (Å²) in [6.45, 7) is 0.876. The highest BCUT2D eigenvalue weighted by atomic mass is 16.5. The Morgan fingerprint density at radius 3 is 2.77 bits per heavy atom. The number of pyridine rings is 1. The molecule has 0 spiro atoms. The number of rotatable bonds is 3. The van der Waals surface area contributed by atoms with Crippen molar-refractivity contribution >= 4 is 0 Å². The van der Waals surface area contributed by atoms with Crippen LogP contribution in [-0.4, -0.2) is 11.6 Å². The van der Waals surface area contributed by atoms with Gasteiger partial charge in [0, 0.05) is 17.7 Å². The van der Waals surface area contributed by atoms with Crippen LogP contribution in [0.4, 0.5) is 0 Å². The standard InChI is InChI=1S/C11H13NO/c1-2-4-12-10(3-1)13-8-11-5-9(6-11)7-11/h1-4,9H,5-8H2. The van der Waals surface area contributed by atoms with Crippen molar-refractivity contribution in [3.8, 4) is 5.88 Å². The Labute approximate surface area is 77.9 Å². The van der Waals surface area contributed by atoms with E-state index >= 15 is 0 Å². The molecule has 3 fully saturated rings. The van der Waals surface area contributed by atoms with Crippen LogP contribution in [0.25, 0.3) is 0 Å². The normalized spacial score (nSPS) is 34.6. The van der Waals surface area contributed by atoms with E-state index in [9.17, 15) is 0 Å². The van der Waals surface area contributed by atoms with E-state index in [-0.39, 0.29) is 0 Å². The van der Waals surface area contributed by atoms with E-state index in [2.05, 4.69) is 4.98 Å². The van der Waals surface area contributed by atoms with E-state index < -0.39 is 0 Å². The smallest absolute Gasteiger partial charge is 0.213 e. The summed E-state index contributed by atoms with van der Waals surface area (Å²) in [4.78, 5) is 4.14. The predicted molar refractivity (Wildman–Crippen MR) is 49.5 cm³/mol. The Balaban J connectivity index is 1.58. The zero-order chi connectivity index (χ0) is 8.73. The monoisotopic (exact) mass is 175 g/mol. The van der Waals surface area contributed by atoms with Gasteiger partial charge in [-0.2, -0.15) is 0 Å². The molecule has 1 aromatic heterocycles. The summed E-state index contributed by atoms with van der Waals surface area (Å²) in [7, 11) is 0. The van der Waals surface area contributed by atoms with Gasteiger partial charge in [-0.15, -0.1) is 0 Å². The van der Waals surface area contributed by atoms with Crippen molar-refractivity contribution in [3.05, 3.63) is 24.4 Å². The van der Waals surface area contributed by atoms with Gasteiger partial charge >= 0.3 is 0 Å². The first-order valence-corrected chi connectivity index (χ1v) is 4.90. The van der Waals surface area contributed by atoms with Gasteiger partial charge in [0.05, 0.1) is 6.61 Å². The number of hydrogen-bond acceptors (Lipinski definition) is 2. The SMILES string of the molecule is c1ccc(OCC23CC(C2)C3)nc1. The Morgan fingerprint density at radius 1 is 1.38 bits per heavy atom. The van der Waals surface area contributed by atoms with Gasteiger partial charge in [0.15, 0.2) is 0 Å². The van der Waals surface area contributed by atoms with Crippen molar-refractivity contribution in [2.24, 2.45) is 11.3 Å². The van der Waals surface area contributed by atoms with E-state index in [4.69, 9.17) is 4.74 Å². The van der Waals surface area contributed by atoms with Crippen molar-refractivity contribution in [1.82, 2.24) is 4.98 Å². The van der Waals surface area contributed by atoms with Crippen LogP contribution in [0.5, 0.6) is 5.88 Å². The lowest BCUT2D eigenvalue weighted by Gasteiger charge is -2.61. The molecule has 3 saturated carbocycles. The zero-order valence-electron chi connectivity index (χ0n) is 7.57. The highest BCUT2D eigenvalue weighted by Crippen LogP contribution is 2.64. The van der Waals surface area contributed by atoms with Gasteiger partial charge in [0.25, 0.3) is 0 Å². The van der Waals surface area contributed by atoms with Gasteiger partial charge in [0.1, 0.15) is 0 Å². The van der Waals surface area contributed by atoms with Crippen LogP contribution in [0.1, 0.15) is 19.3 Å². The van der Waals surface area contributed by atoms with Crippen LogP contribution in [0.2, 0.25) is 0 Å². The van der Waals surface area contributed by atoms with E-state index in [1.165, 1.54) is 19.3 Å². The van der Waals surface area contributed by atoms with Crippen molar-refractivity contribution < 1.29 is 4.74 Å². The number of nitrogens with zero attached hydrogens (tertiary/aromatic N) is 1. The average molecular weight is 175 g/mol. The lowest BCUT2D eigenvalue weighted by molar-refractivity contribution is -0.132. The van der Waals surface area contributed by atoms with E-state index in [1.807, 2.05) is 18.2 Å². The van der Waals surface area contributed by atoms with E-state index in [1.54, 1.807) is 6.20 Å². The molecule has 2 heteroatoms. The molecule has 0 radical (unpaired) electrons. The quantitative estimate of drug-likeness (QED) is 0.703. The number of hydrogen-bond donors (Lipinski definition) is 0. The third kappa shape index (κ3) is 1.12. The first-order chi connectivity index (χ1) is 6.36. The molecule has 0 N–H and O–H groups in total. The molecule has 0 unspecified atom stereocenters. The summed E-state index contributed by atoms with van der Waals surface area (Å²) in [5.41, 5.74) is 0.558. The minimum Gasteiger partial charge on any atom is -0.477 e. The van der Waals surface area contributed by atoms with Gasteiger partial charge in [-0.25, -0.2) is 4.98 Å². The number of aromatic nitrogens is 1. The molecule has 1 heterocycles. The first-order valence-electron chi connectivity index (χ1n) is 4.90. The van der Waals surface area contributed by atoms with Crippen LogP contribution < -0.4 is 4.74 Å². The van der Waals surface area contributed by atoms with Crippen LogP contribution >= 0.6 is 0 Å². The molecule has 2 bridgehead atoms. The molecule has 0 aromatic carbocycles. The highest BCUT2D eigenvalue weighted by Gasteiger charge is 2.56. The van der Waals surface area contributed by atoms with Gasteiger partial charge in [-0.1, -0.05) is 6.07 Å². The van der Waals surface area contributed by atoms with E-state index in [0.717, 1.165) is 18.4 Å². The maximum absolute atomic E-state index is 5.64. The van der Waals surface area contributed by atoms with Crippen molar-refractivity contribution in [2.75, 3.05) is 6.61 Å². The van der Waals surface area contributed by atoms with Crippen LogP contribution in [0.15, 0.2) is 24.4 Å². The molecule has 1 aromatic rings. The maximum Gasteiger partial charge on any atom is 0.213 e. The molecule has 3 aliphatic rings. The van der Waals surface area contributed by atoms with E-state index in [0.29, 0.717) is 5.41 Å². The molecular weight excluding hydrogens is 162 g/mol. The lowest BCUT2D eigenvalue weighted by Crippen LogP contribution is -2.55. The van der Waals surface area contributed by atoms with Gasteiger partial charge in [-0.3, -0.25) is 0 Å². The zero-order valence-corrected chi connectivity index (χ0v) is 7.57. The van der Waals surface area contributed by atoms with Crippen LogP contribution in [-0.2, 0) is 0 Å². The predicted octanol–water partition coefficient (Wildman–Crippen LogP) is 2.26. The number of ether oxygens (including phenoxy) is 1. The molecule has 68 valence electrons. The van der Waals surface area contributed by atoms with Crippen molar-refractivity contribution in [2.45, 2.75) is 19.3 Å². The fourth-order valence-corrected chi connectivity index (χ4v) is 2.49. The molecule has 3 aliphatic carbocycles. The fraction of sp³-hybridized carbons (Fsp3) is 0.545. The maximum atomic E-state index is 5.64. The third-order valence-corrected chi connectivity index (χ3v) is 3.33. The molecule has 2 nitrogen and oxygen atoms in total. The fourth-order valence-electron chi connectivity index (χ4n) is 2.49. The van der Waals surface area contributed by atoms with Crippen molar-refractivity contribution in [3.63, 3.8) is 0 Å². The Hall–Kier alpha value is -1.05. The molecule has 0 aliphatic heterocycles. The minimum absolute atomic E-state index is 0.558. The Bertz CT molecular complexity index is 292. The Kier molecular flexibility index (Phi) is 1.40. The molecule has 0 amide bonds. The second-order valence-corrected chi connectivity index (χ2v) is 4.44. The largest absolute Gasteiger partial charge is 0.477 e. The van der Waals surface area contributed by atoms with Gasteiger partial charge < -0.3 is 4.74 Å². The van der Waals surface area contributed by atoms with Gasteiger partial charge in [0.2, 0.25) is 5.88 Å². The van der Waals surface area contributed by atoms with Crippen LogP contribution in [0.3, 0.4) is 0 Å². The molecule has 13 heavy (non-hydrogen) atoms.